The lowest BCUT2D eigenvalue weighted by Gasteiger charge is -2.04. The molecule has 2 nitrogen and oxygen atoms in total. The van der Waals surface area contributed by atoms with Crippen molar-refractivity contribution in [1.82, 2.24) is 0 Å². The number of nitrogens with zero attached hydrogens (tertiary/aromatic N) is 1. The molecule has 0 saturated carbocycles. The molecule has 52 valence electrons. The molecular weight excluding hydrogens is 134 g/mol. The van der Waals surface area contributed by atoms with Gasteiger partial charge in [0, 0.05) is 0 Å². The first kappa shape index (κ1) is 7.09. The van der Waals surface area contributed by atoms with Crippen LogP contribution in [0.3, 0.4) is 0 Å². The van der Waals surface area contributed by atoms with Gasteiger partial charge >= 0.3 is 0 Å². The van der Waals surface area contributed by atoms with Crippen LogP contribution in [0.4, 0.5) is 0 Å². The van der Waals surface area contributed by atoms with Crippen LogP contribution in [0.1, 0.15) is 26.7 Å². The van der Waals surface area contributed by atoms with Gasteiger partial charge in [-0.25, -0.2) is 0 Å². The van der Waals surface area contributed by atoms with Crippen LogP contribution >= 0.6 is 12.2 Å². The van der Waals surface area contributed by atoms with Crippen LogP contribution in [0.25, 0.3) is 0 Å². The molecule has 0 bridgehead atoms. The van der Waals surface area contributed by atoms with Crippen LogP contribution in [-0.4, -0.2) is 11.8 Å². The zero-order valence-corrected chi connectivity index (χ0v) is 6.57. The molecule has 1 unspecified atom stereocenters. The van der Waals surface area contributed by atoms with Crippen LogP contribution in [0, 0.1) is 0 Å². The lowest BCUT2D eigenvalue weighted by molar-refractivity contribution is 0.319. The predicted molar refractivity (Wildman–Crippen MR) is 40.5 cm³/mol. The van der Waals surface area contributed by atoms with E-state index in [1.54, 1.807) is 0 Å². The Morgan fingerprint density at radius 3 is 2.89 bits per heavy atom. The third-order valence-electron chi connectivity index (χ3n) is 1.42. The van der Waals surface area contributed by atoms with Crippen molar-refractivity contribution in [3.63, 3.8) is 0 Å². The average Bonchev–Trinajstić information content (AvgIpc) is 2.33. The van der Waals surface area contributed by atoms with E-state index in [0.29, 0.717) is 6.10 Å². The second-order valence-electron chi connectivity index (χ2n) is 2.00. The van der Waals surface area contributed by atoms with Crippen LogP contribution < -0.4 is 0 Å². The summed E-state index contributed by atoms with van der Waals surface area (Å²) in [6.45, 7) is 4.22. The molecule has 0 aromatic rings. The number of hydrogen-bond acceptors (Lipinski definition) is 3. The van der Waals surface area contributed by atoms with E-state index in [-0.39, 0.29) is 0 Å². The van der Waals surface area contributed by atoms with E-state index in [0.717, 1.165) is 12.8 Å². The SMILES string of the molecule is CCC1=NSOC1CC. The van der Waals surface area contributed by atoms with Gasteiger partial charge in [0.2, 0.25) is 0 Å². The lowest BCUT2D eigenvalue weighted by atomic mass is 10.1. The lowest BCUT2D eigenvalue weighted by Crippen LogP contribution is -2.15. The largest absolute Gasteiger partial charge is 0.286 e. The third-order valence-corrected chi connectivity index (χ3v) is 2.05. The van der Waals surface area contributed by atoms with Crippen molar-refractivity contribution in [3.05, 3.63) is 0 Å². The van der Waals surface area contributed by atoms with Crippen molar-refractivity contribution in [3.8, 4) is 0 Å². The first-order chi connectivity index (χ1) is 4.38. The van der Waals surface area contributed by atoms with Crippen molar-refractivity contribution < 1.29 is 4.18 Å². The highest BCUT2D eigenvalue weighted by molar-refractivity contribution is 7.93. The van der Waals surface area contributed by atoms with Gasteiger partial charge in [0.25, 0.3) is 0 Å². The fraction of sp³-hybridized carbons (Fsp3) is 0.833. The van der Waals surface area contributed by atoms with Gasteiger partial charge in [-0.15, -0.1) is 0 Å². The maximum atomic E-state index is 5.22. The molecule has 9 heavy (non-hydrogen) atoms. The number of hydrogen-bond donors (Lipinski definition) is 0. The minimum atomic E-state index is 0.292. The van der Waals surface area contributed by atoms with E-state index in [1.807, 2.05) is 0 Å². The Morgan fingerprint density at radius 1 is 1.67 bits per heavy atom. The fourth-order valence-corrected chi connectivity index (χ4v) is 1.57. The molecule has 0 saturated heterocycles. The van der Waals surface area contributed by atoms with Gasteiger partial charge < -0.3 is 0 Å². The fourth-order valence-electron chi connectivity index (χ4n) is 0.832. The quantitative estimate of drug-likeness (QED) is 0.439. The van der Waals surface area contributed by atoms with Crippen molar-refractivity contribution in [2.45, 2.75) is 32.8 Å². The van der Waals surface area contributed by atoms with Crippen LogP contribution in [-0.2, 0) is 4.18 Å². The van der Waals surface area contributed by atoms with E-state index in [9.17, 15) is 0 Å². The monoisotopic (exact) mass is 145 g/mol. The topological polar surface area (TPSA) is 21.6 Å². The summed E-state index contributed by atoms with van der Waals surface area (Å²) in [7, 11) is 0. The molecule has 1 aliphatic rings. The number of rotatable bonds is 2. The highest BCUT2D eigenvalue weighted by atomic mass is 32.2. The Hall–Kier alpha value is -0.0200. The zero-order chi connectivity index (χ0) is 6.69. The summed E-state index contributed by atoms with van der Waals surface area (Å²) in [6.07, 6.45) is 2.35. The Labute approximate surface area is 60.0 Å². The molecule has 0 N–H and O–H groups in total. The second kappa shape index (κ2) is 3.22. The summed E-state index contributed by atoms with van der Waals surface area (Å²) in [6, 6.07) is 0. The van der Waals surface area contributed by atoms with Gasteiger partial charge in [-0.05, 0) is 12.8 Å². The summed E-state index contributed by atoms with van der Waals surface area (Å²) < 4.78 is 9.34. The van der Waals surface area contributed by atoms with Gasteiger partial charge in [0.05, 0.1) is 5.71 Å². The van der Waals surface area contributed by atoms with E-state index in [2.05, 4.69) is 18.2 Å². The first-order valence-corrected chi connectivity index (χ1v) is 3.97. The minimum absolute atomic E-state index is 0.292. The Bertz CT molecular complexity index is 124. The van der Waals surface area contributed by atoms with Gasteiger partial charge in [-0.3, -0.25) is 4.18 Å². The molecule has 1 heterocycles. The second-order valence-corrected chi connectivity index (χ2v) is 2.53. The maximum absolute atomic E-state index is 5.22. The van der Waals surface area contributed by atoms with E-state index < -0.39 is 0 Å². The van der Waals surface area contributed by atoms with Gasteiger partial charge in [-0.1, -0.05) is 13.8 Å². The van der Waals surface area contributed by atoms with E-state index in [1.165, 1.54) is 17.9 Å². The third kappa shape index (κ3) is 1.46. The summed E-state index contributed by atoms with van der Waals surface area (Å²) in [5.74, 6) is 0. The molecule has 0 spiro atoms. The molecule has 1 atom stereocenters. The van der Waals surface area contributed by atoms with Crippen LogP contribution in [0.2, 0.25) is 0 Å². The van der Waals surface area contributed by atoms with E-state index in [4.69, 9.17) is 4.18 Å². The van der Waals surface area contributed by atoms with Gasteiger partial charge in [0.1, 0.15) is 18.3 Å². The molecule has 1 aliphatic heterocycles. The van der Waals surface area contributed by atoms with Crippen LogP contribution in [0.15, 0.2) is 4.40 Å². The van der Waals surface area contributed by atoms with Gasteiger partial charge in [-0.2, -0.15) is 4.40 Å². The molecular formula is C6H11NOS. The minimum Gasteiger partial charge on any atom is -0.286 e. The first-order valence-electron chi connectivity index (χ1n) is 3.27. The zero-order valence-electron chi connectivity index (χ0n) is 5.76. The highest BCUT2D eigenvalue weighted by Gasteiger charge is 2.18. The molecule has 0 aliphatic carbocycles. The normalized spacial score (nSPS) is 26.4. The Balaban J connectivity index is 2.47. The predicted octanol–water partition coefficient (Wildman–Crippen LogP) is 2.21. The molecule has 0 aromatic heterocycles. The standard InChI is InChI=1S/C6H11NOS/c1-3-5-6(4-2)8-9-7-5/h6H,3-4H2,1-2H3. The van der Waals surface area contributed by atoms with Crippen molar-refractivity contribution in [2.24, 2.45) is 4.40 Å². The highest BCUT2D eigenvalue weighted by Crippen LogP contribution is 2.22. The van der Waals surface area contributed by atoms with Gasteiger partial charge in [0.15, 0.2) is 0 Å². The summed E-state index contributed by atoms with van der Waals surface area (Å²) in [5.41, 5.74) is 1.20. The summed E-state index contributed by atoms with van der Waals surface area (Å²) >= 11 is 1.23. The molecule has 0 radical (unpaired) electrons. The molecule has 1 rings (SSSR count). The Morgan fingerprint density at radius 2 is 2.44 bits per heavy atom. The molecule has 3 heteroatoms. The maximum Gasteiger partial charge on any atom is 0.137 e. The van der Waals surface area contributed by atoms with E-state index >= 15 is 0 Å². The smallest absolute Gasteiger partial charge is 0.137 e. The Kier molecular flexibility index (Phi) is 2.54. The van der Waals surface area contributed by atoms with Crippen molar-refractivity contribution >= 4 is 17.9 Å². The van der Waals surface area contributed by atoms with Crippen molar-refractivity contribution in [2.75, 3.05) is 0 Å². The molecule has 0 aromatic carbocycles. The molecule has 0 amide bonds. The molecule has 0 fully saturated rings. The van der Waals surface area contributed by atoms with Crippen LogP contribution in [0.5, 0.6) is 0 Å². The summed E-state index contributed by atoms with van der Waals surface area (Å²) in [5, 5.41) is 0. The average molecular weight is 145 g/mol. The summed E-state index contributed by atoms with van der Waals surface area (Å²) in [4.78, 5) is 0. The van der Waals surface area contributed by atoms with Crippen molar-refractivity contribution in [1.29, 1.82) is 0 Å².